The van der Waals surface area contributed by atoms with Crippen molar-refractivity contribution in [2.45, 2.75) is 30.8 Å². The average molecular weight is 515 g/mol. The van der Waals surface area contributed by atoms with E-state index in [0.717, 1.165) is 14.1 Å². The Morgan fingerprint density at radius 3 is 2.29 bits per heavy atom. The normalized spacial score (nSPS) is 16.1. The third kappa shape index (κ3) is 5.11. The van der Waals surface area contributed by atoms with Gasteiger partial charge >= 0.3 is 5.97 Å². The van der Waals surface area contributed by atoms with Gasteiger partial charge in [-0.25, -0.2) is 13.3 Å². The topological polar surface area (TPSA) is 110 Å². The first-order valence-corrected chi connectivity index (χ1v) is 12.9. The van der Waals surface area contributed by atoms with Crippen molar-refractivity contribution < 1.29 is 32.3 Å². The molecule has 3 aromatic rings. The van der Waals surface area contributed by atoms with Crippen LogP contribution >= 0.6 is 11.3 Å². The van der Waals surface area contributed by atoms with Crippen molar-refractivity contribution in [1.29, 1.82) is 0 Å². The number of esters is 1. The van der Waals surface area contributed by atoms with Crippen LogP contribution in [0.25, 0.3) is 0 Å². The number of hydrogen-bond acceptors (Lipinski definition) is 8. The summed E-state index contributed by atoms with van der Waals surface area (Å²) in [6, 6.07) is 14.1. The molecule has 0 radical (unpaired) electrons. The number of thiophene rings is 1. The maximum atomic E-state index is 13.6. The number of nitrogens with zero attached hydrogens (tertiary/aromatic N) is 2. The number of rotatable bonds is 8. The van der Waals surface area contributed by atoms with Gasteiger partial charge < -0.3 is 9.47 Å². The first kappa shape index (κ1) is 24.6. The Bertz CT molecular complexity index is 1340. The number of amides is 2. The standard InChI is InChI=1S/C24H22N2O7S2/c1-16(27)33-19-7-5-17(6-8-19)26-23(28)14-22(24(26)29)25(15-20-4-3-13-34-20)35(30,31)21-11-9-18(32-2)10-12-21/h3-13,22H,14-15H2,1-2H3. The number of hydrogen-bond donors (Lipinski definition) is 0. The van der Waals surface area contributed by atoms with E-state index in [-0.39, 0.29) is 29.3 Å². The zero-order chi connectivity index (χ0) is 25.2. The van der Waals surface area contributed by atoms with Crippen LogP contribution in [-0.2, 0) is 31.0 Å². The predicted octanol–water partition coefficient (Wildman–Crippen LogP) is 3.21. The maximum absolute atomic E-state index is 13.6. The van der Waals surface area contributed by atoms with Gasteiger partial charge in [-0.3, -0.25) is 14.4 Å². The molecule has 182 valence electrons. The zero-order valence-corrected chi connectivity index (χ0v) is 20.5. The van der Waals surface area contributed by atoms with Crippen molar-refractivity contribution in [1.82, 2.24) is 4.31 Å². The van der Waals surface area contributed by atoms with Crippen LogP contribution in [0, 0.1) is 0 Å². The van der Waals surface area contributed by atoms with E-state index in [9.17, 15) is 22.8 Å². The molecule has 2 amide bonds. The fourth-order valence-electron chi connectivity index (χ4n) is 3.74. The highest BCUT2D eigenvalue weighted by Gasteiger charge is 2.47. The predicted molar refractivity (Wildman–Crippen MR) is 129 cm³/mol. The minimum atomic E-state index is -4.14. The van der Waals surface area contributed by atoms with Crippen LogP contribution in [0.15, 0.2) is 70.9 Å². The first-order valence-electron chi connectivity index (χ1n) is 10.5. The van der Waals surface area contributed by atoms with Crippen LogP contribution in [0.3, 0.4) is 0 Å². The third-order valence-corrected chi connectivity index (χ3v) is 8.11. The molecule has 1 aromatic heterocycles. The first-order chi connectivity index (χ1) is 16.7. The smallest absolute Gasteiger partial charge is 0.308 e. The van der Waals surface area contributed by atoms with Gasteiger partial charge in [0.2, 0.25) is 15.9 Å². The maximum Gasteiger partial charge on any atom is 0.308 e. The van der Waals surface area contributed by atoms with Crippen LogP contribution in [0.1, 0.15) is 18.2 Å². The lowest BCUT2D eigenvalue weighted by Gasteiger charge is -2.26. The highest BCUT2D eigenvalue weighted by atomic mass is 32.2. The number of methoxy groups -OCH3 is 1. The summed E-state index contributed by atoms with van der Waals surface area (Å²) in [6.45, 7) is 1.20. The van der Waals surface area contributed by atoms with Crippen LogP contribution in [-0.4, -0.2) is 43.7 Å². The van der Waals surface area contributed by atoms with Crippen LogP contribution < -0.4 is 14.4 Å². The number of ether oxygens (including phenoxy) is 2. The summed E-state index contributed by atoms with van der Waals surface area (Å²) in [5.74, 6) is -0.924. The molecule has 1 unspecified atom stereocenters. The van der Waals surface area contributed by atoms with E-state index in [4.69, 9.17) is 9.47 Å². The summed E-state index contributed by atoms with van der Waals surface area (Å²) >= 11 is 1.36. The molecule has 35 heavy (non-hydrogen) atoms. The molecule has 2 heterocycles. The fourth-order valence-corrected chi connectivity index (χ4v) is 6.09. The quantitative estimate of drug-likeness (QED) is 0.258. The number of anilines is 1. The fraction of sp³-hybridized carbons (Fsp3) is 0.208. The van der Waals surface area contributed by atoms with Gasteiger partial charge in [-0.1, -0.05) is 6.07 Å². The molecule has 0 aliphatic carbocycles. The Morgan fingerprint density at radius 1 is 1.06 bits per heavy atom. The SMILES string of the molecule is COc1ccc(S(=O)(=O)N(Cc2cccs2)C2CC(=O)N(c3ccc(OC(C)=O)cc3)C2=O)cc1. The van der Waals surface area contributed by atoms with Crippen LogP contribution in [0.4, 0.5) is 5.69 Å². The summed E-state index contributed by atoms with van der Waals surface area (Å²) in [6.07, 6.45) is -0.300. The molecule has 0 spiro atoms. The van der Waals surface area contributed by atoms with E-state index in [1.165, 1.54) is 73.9 Å². The molecule has 9 nitrogen and oxygen atoms in total. The van der Waals surface area contributed by atoms with Crippen molar-refractivity contribution in [3.63, 3.8) is 0 Å². The van der Waals surface area contributed by atoms with Gasteiger partial charge in [-0.2, -0.15) is 4.31 Å². The minimum Gasteiger partial charge on any atom is -0.497 e. The van der Waals surface area contributed by atoms with E-state index in [2.05, 4.69) is 0 Å². The zero-order valence-electron chi connectivity index (χ0n) is 18.9. The van der Waals surface area contributed by atoms with Gasteiger partial charge in [0, 0.05) is 18.3 Å². The minimum absolute atomic E-state index is 0.0145. The van der Waals surface area contributed by atoms with E-state index >= 15 is 0 Å². The Labute approximate surface area is 206 Å². The van der Waals surface area contributed by atoms with E-state index in [1.54, 1.807) is 12.1 Å². The second-order valence-electron chi connectivity index (χ2n) is 7.68. The molecule has 0 N–H and O–H groups in total. The van der Waals surface area contributed by atoms with Crippen molar-refractivity contribution >= 4 is 44.8 Å². The second-order valence-corrected chi connectivity index (χ2v) is 10.6. The average Bonchev–Trinajstić information content (AvgIpc) is 3.45. The monoisotopic (exact) mass is 514 g/mol. The van der Waals surface area contributed by atoms with Gasteiger partial charge in [0.15, 0.2) is 0 Å². The molecule has 1 atom stereocenters. The molecule has 0 saturated carbocycles. The number of sulfonamides is 1. The number of imide groups is 1. The van der Waals surface area contributed by atoms with Crippen molar-refractivity contribution in [3.8, 4) is 11.5 Å². The molecule has 2 aromatic carbocycles. The van der Waals surface area contributed by atoms with E-state index in [1.807, 2.05) is 5.38 Å². The van der Waals surface area contributed by atoms with E-state index in [0.29, 0.717) is 5.75 Å². The van der Waals surface area contributed by atoms with Crippen LogP contribution in [0.2, 0.25) is 0 Å². The molecule has 11 heteroatoms. The number of carbonyl (C=O) groups is 3. The Morgan fingerprint density at radius 2 is 1.71 bits per heavy atom. The third-order valence-electron chi connectivity index (χ3n) is 5.38. The second kappa shape index (κ2) is 9.98. The Balaban J connectivity index is 1.67. The number of benzene rings is 2. The van der Waals surface area contributed by atoms with Crippen molar-refractivity contribution in [3.05, 3.63) is 70.9 Å². The van der Waals surface area contributed by atoms with E-state index < -0.39 is 33.8 Å². The summed E-state index contributed by atoms with van der Waals surface area (Å²) in [5.41, 5.74) is 0.260. The molecular formula is C24H22N2O7S2. The van der Waals surface area contributed by atoms with Gasteiger partial charge in [0.1, 0.15) is 17.5 Å². The van der Waals surface area contributed by atoms with Gasteiger partial charge in [-0.05, 0) is 60.0 Å². The lowest BCUT2D eigenvalue weighted by atomic mass is 10.2. The molecule has 1 fully saturated rings. The lowest BCUT2D eigenvalue weighted by molar-refractivity contribution is -0.132. The highest BCUT2D eigenvalue weighted by Crippen LogP contribution is 2.32. The van der Waals surface area contributed by atoms with Crippen molar-refractivity contribution in [2.75, 3.05) is 12.0 Å². The molecule has 1 aliphatic heterocycles. The number of carbonyl (C=O) groups excluding carboxylic acids is 3. The van der Waals surface area contributed by atoms with Gasteiger partial charge in [0.05, 0.1) is 24.1 Å². The lowest BCUT2D eigenvalue weighted by Crippen LogP contribution is -2.44. The highest BCUT2D eigenvalue weighted by molar-refractivity contribution is 7.89. The Kier molecular flexibility index (Phi) is 7.01. The summed E-state index contributed by atoms with van der Waals surface area (Å²) in [7, 11) is -2.67. The van der Waals surface area contributed by atoms with Gasteiger partial charge in [0.25, 0.3) is 5.91 Å². The largest absolute Gasteiger partial charge is 0.497 e. The molecule has 0 bridgehead atoms. The molecule has 1 saturated heterocycles. The summed E-state index contributed by atoms with van der Waals surface area (Å²) in [5, 5.41) is 1.81. The molecular weight excluding hydrogens is 492 g/mol. The Hall–Kier alpha value is -3.54. The van der Waals surface area contributed by atoms with Crippen molar-refractivity contribution in [2.24, 2.45) is 0 Å². The summed E-state index contributed by atoms with van der Waals surface area (Å²) < 4.78 is 38.5. The van der Waals surface area contributed by atoms with Crippen LogP contribution in [0.5, 0.6) is 11.5 Å². The molecule has 1 aliphatic rings. The molecule has 4 rings (SSSR count). The van der Waals surface area contributed by atoms with Gasteiger partial charge in [-0.15, -0.1) is 11.3 Å². The summed E-state index contributed by atoms with van der Waals surface area (Å²) in [4.78, 5) is 39.1.